The van der Waals surface area contributed by atoms with Crippen LogP contribution in [-0.4, -0.2) is 31.4 Å². The predicted octanol–water partition coefficient (Wildman–Crippen LogP) is 1.01. The molecule has 0 spiro atoms. The molecule has 1 unspecified atom stereocenters. The summed E-state index contributed by atoms with van der Waals surface area (Å²) in [5, 5.41) is 18.2. The van der Waals surface area contributed by atoms with Gasteiger partial charge in [0.2, 0.25) is 10.0 Å². The summed E-state index contributed by atoms with van der Waals surface area (Å²) in [5.41, 5.74) is -1.04. The lowest BCUT2D eigenvalue weighted by Crippen LogP contribution is -2.44. The van der Waals surface area contributed by atoms with Crippen molar-refractivity contribution < 1.29 is 13.5 Å². The zero-order valence-corrected chi connectivity index (χ0v) is 11.5. The molecule has 0 aromatic heterocycles. The van der Waals surface area contributed by atoms with Gasteiger partial charge in [0.15, 0.2) is 0 Å². The summed E-state index contributed by atoms with van der Waals surface area (Å²) in [5.74, 6) is -0.0214. The van der Waals surface area contributed by atoms with E-state index in [1.54, 1.807) is 6.92 Å². The maximum atomic E-state index is 11.6. The summed E-state index contributed by atoms with van der Waals surface area (Å²) in [6.07, 6.45) is 1.42. The lowest BCUT2D eigenvalue weighted by molar-refractivity contribution is 0.0190. The molecule has 2 N–H and O–H groups in total. The van der Waals surface area contributed by atoms with Crippen molar-refractivity contribution in [3.05, 3.63) is 0 Å². The molecule has 0 saturated carbocycles. The van der Waals surface area contributed by atoms with E-state index >= 15 is 0 Å². The number of nitrogens with one attached hydrogen (secondary N) is 1. The van der Waals surface area contributed by atoms with Crippen molar-refractivity contribution in [3.63, 3.8) is 0 Å². The van der Waals surface area contributed by atoms with E-state index in [9.17, 15) is 13.5 Å². The third-order valence-electron chi connectivity index (χ3n) is 2.85. The van der Waals surface area contributed by atoms with E-state index in [2.05, 4.69) is 4.72 Å². The maximum Gasteiger partial charge on any atom is 0.211 e. The summed E-state index contributed by atoms with van der Waals surface area (Å²) in [6.45, 7) is 5.30. The van der Waals surface area contributed by atoms with Crippen LogP contribution < -0.4 is 4.72 Å². The average molecular weight is 262 g/mol. The standard InChI is InChI=1S/C11H22N2O3S/c1-10(2)11(3,14)9-13-17(15,16)8-6-4-5-7-12/h10,13-14H,4-6,8-9H2,1-3H3. The molecule has 0 amide bonds. The van der Waals surface area contributed by atoms with Crippen LogP contribution in [0.1, 0.15) is 40.0 Å². The van der Waals surface area contributed by atoms with Crippen molar-refractivity contribution in [1.82, 2.24) is 4.72 Å². The molecule has 0 heterocycles. The Hall–Kier alpha value is -0.640. The molecule has 0 aromatic rings. The lowest BCUT2D eigenvalue weighted by atomic mass is 9.93. The fourth-order valence-electron chi connectivity index (χ4n) is 1.03. The van der Waals surface area contributed by atoms with Gasteiger partial charge in [-0.2, -0.15) is 5.26 Å². The van der Waals surface area contributed by atoms with Crippen molar-refractivity contribution in [3.8, 4) is 6.07 Å². The number of unbranched alkanes of at least 4 members (excludes halogenated alkanes) is 2. The normalized spacial score (nSPS) is 15.5. The first-order valence-corrected chi connectivity index (χ1v) is 7.43. The highest BCUT2D eigenvalue weighted by Crippen LogP contribution is 2.14. The quantitative estimate of drug-likeness (QED) is 0.639. The zero-order chi connectivity index (χ0) is 13.5. The Morgan fingerprint density at radius 3 is 2.47 bits per heavy atom. The number of rotatable bonds is 8. The van der Waals surface area contributed by atoms with Gasteiger partial charge in [-0.1, -0.05) is 13.8 Å². The Bertz CT molecular complexity index is 355. The minimum Gasteiger partial charge on any atom is -0.389 e. The molecule has 1 atom stereocenters. The van der Waals surface area contributed by atoms with Crippen LogP contribution in [0.3, 0.4) is 0 Å². The number of sulfonamides is 1. The van der Waals surface area contributed by atoms with Crippen LogP contribution in [-0.2, 0) is 10.0 Å². The highest BCUT2D eigenvalue weighted by Gasteiger charge is 2.26. The molecule has 17 heavy (non-hydrogen) atoms. The first-order valence-electron chi connectivity index (χ1n) is 5.78. The molecule has 0 aliphatic rings. The van der Waals surface area contributed by atoms with E-state index in [0.717, 1.165) is 0 Å². The van der Waals surface area contributed by atoms with E-state index < -0.39 is 15.6 Å². The summed E-state index contributed by atoms with van der Waals surface area (Å²) in [6, 6.07) is 1.97. The fourth-order valence-corrected chi connectivity index (χ4v) is 2.27. The second-order valence-electron chi connectivity index (χ2n) is 4.77. The van der Waals surface area contributed by atoms with E-state index in [1.165, 1.54) is 0 Å². The van der Waals surface area contributed by atoms with Crippen LogP contribution in [0.5, 0.6) is 0 Å². The summed E-state index contributed by atoms with van der Waals surface area (Å²) >= 11 is 0. The van der Waals surface area contributed by atoms with Gasteiger partial charge in [-0.3, -0.25) is 0 Å². The molecule has 0 rings (SSSR count). The number of nitriles is 1. The van der Waals surface area contributed by atoms with Gasteiger partial charge in [0.1, 0.15) is 0 Å². The molecule has 0 aromatic carbocycles. The third kappa shape index (κ3) is 7.31. The Morgan fingerprint density at radius 2 is 2.00 bits per heavy atom. The molecule has 100 valence electrons. The van der Waals surface area contributed by atoms with Gasteiger partial charge >= 0.3 is 0 Å². The first kappa shape index (κ1) is 16.4. The van der Waals surface area contributed by atoms with Gasteiger partial charge in [-0.25, -0.2) is 13.1 Å². The van der Waals surface area contributed by atoms with Gasteiger partial charge in [-0.15, -0.1) is 0 Å². The van der Waals surface area contributed by atoms with E-state index in [-0.39, 0.29) is 18.2 Å². The highest BCUT2D eigenvalue weighted by molar-refractivity contribution is 7.89. The van der Waals surface area contributed by atoms with Crippen molar-refractivity contribution in [2.75, 3.05) is 12.3 Å². The molecule has 0 radical (unpaired) electrons. The van der Waals surface area contributed by atoms with Crippen LogP contribution in [0.2, 0.25) is 0 Å². The molecule has 6 heteroatoms. The van der Waals surface area contributed by atoms with Crippen LogP contribution >= 0.6 is 0 Å². The van der Waals surface area contributed by atoms with Crippen LogP contribution in [0.15, 0.2) is 0 Å². The summed E-state index contributed by atoms with van der Waals surface area (Å²) in [4.78, 5) is 0. The summed E-state index contributed by atoms with van der Waals surface area (Å²) < 4.78 is 25.5. The molecule has 0 bridgehead atoms. The molecular weight excluding hydrogens is 240 g/mol. The van der Waals surface area contributed by atoms with Crippen molar-refractivity contribution in [2.45, 2.75) is 45.6 Å². The van der Waals surface area contributed by atoms with Crippen LogP contribution in [0.4, 0.5) is 0 Å². The van der Waals surface area contributed by atoms with Crippen molar-refractivity contribution in [2.24, 2.45) is 5.92 Å². The SMILES string of the molecule is CC(C)C(C)(O)CNS(=O)(=O)CCCCC#N. The molecule has 0 fully saturated rings. The maximum absolute atomic E-state index is 11.6. The summed E-state index contributed by atoms with van der Waals surface area (Å²) in [7, 11) is -3.35. The Kier molecular flexibility index (Phi) is 6.68. The minimum atomic E-state index is -3.35. The molecule has 0 aliphatic heterocycles. The minimum absolute atomic E-state index is 0.00283. The number of aliphatic hydroxyl groups is 1. The van der Waals surface area contributed by atoms with Gasteiger partial charge < -0.3 is 5.11 Å². The first-order chi connectivity index (χ1) is 7.71. The topological polar surface area (TPSA) is 90.2 Å². The van der Waals surface area contributed by atoms with Crippen LogP contribution in [0, 0.1) is 17.2 Å². The number of nitrogens with zero attached hydrogens (tertiary/aromatic N) is 1. The number of hydrogen-bond donors (Lipinski definition) is 2. The van der Waals surface area contributed by atoms with Gasteiger partial charge in [0, 0.05) is 13.0 Å². The predicted molar refractivity (Wildman–Crippen MR) is 66.7 cm³/mol. The second kappa shape index (κ2) is 6.94. The van der Waals surface area contributed by atoms with Gasteiger partial charge in [0.05, 0.1) is 17.4 Å². The largest absolute Gasteiger partial charge is 0.389 e. The van der Waals surface area contributed by atoms with Gasteiger partial charge in [-0.05, 0) is 25.7 Å². The van der Waals surface area contributed by atoms with E-state index in [4.69, 9.17) is 5.26 Å². The second-order valence-corrected chi connectivity index (χ2v) is 6.69. The third-order valence-corrected chi connectivity index (χ3v) is 4.26. The highest BCUT2D eigenvalue weighted by atomic mass is 32.2. The lowest BCUT2D eigenvalue weighted by Gasteiger charge is -2.27. The monoisotopic (exact) mass is 262 g/mol. The fraction of sp³-hybridized carbons (Fsp3) is 0.909. The van der Waals surface area contributed by atoms with E-state index in [0.29, 0.717) is 19.3 Å². The van der Waals surface area contributed by atoms with E-state index in [1.807, 2.05) is 19.9 Å². The molecular formula is C11H22N2O3S. The molecule has 0 saturated heterocycles. The number of hydrogen-bond acceptors (Lipinski definition) is 4. The smallest absolute Gasteiger partial charge is 0.211 e. The molecule has 5 nitrogen and oxygen atoms in total. The average Bonchev–Trinajstić information content (AvgIpc) is 2.22. The van der Waals surface area contributed by atoms with Crippen molar-refractivity contribution in [1.29, 1.82) is 5.26 Å². The zero-order valence-electron chi connectivity index (χ0n) is 10.7. The Labute approximate surface area is 104 Å². The Morgan fingerprint density at radius 1 is 1.41 bits per heavy atom. The molecule has 0 aliphatic carbocycles. The van der Waals surface area contributed by atoms with Crippen molar-refractivity contribution >= 4 is 10.0 Å². The van der Waals surface area contributed by atoms with Gasteiger partial charge in [0.25, 0.3) is 0 Å². The van der Waals surface area contributed by atoms with Crippen LogP contribution in [0.25, 0.3) is 0 Å². The Balaban J connectivity index is 4.07.